The molecule has 0 radical (unpaired) electrons. The van der Waals surface area contributed by atoms with Gasteiger partial charge in [-0.1, -0.05) is 12.1 Å². The Kier molecular flexibility index (Phi) is 4.59. The second kappa shape index (κ2) is 7.01. The maximum atomic E-state index is 5.85. The van der Waals surface area contributed by atoms with Gasteiger partial charge in [0.2, 0.25) is 6.79 Å². The Bertz CT molecular complexity index is 740. The fourth-order valence-corrected chi connectivity index (χ4v) is 3.41. The summed E-state index contributed by atoms with van der Waals surface area (Å²) in [6.45, 7) is 5.48. The van der Waals surface area contributed by atoms with Crippen molar-refractivity contribution in [3.63, 3.8) is 0 Å². The van der Waals surface area contributed by atoms with Gasteiger partial charge in [0.25, 0.3) is 0 Å². The standard InChI is InChI=1S/C18H24N4O3/c1-13-19-20-17(21(13)2)11-22(10-15-6-4-8-23-15)9-14-5-3-7-16-18(14)25-12-24-16/h3,5,7,15H,4,6,8-12H2,1-2H3/t15-/m0/s1. The Morgan fingerprint density at radius 2 is 2.16 bits per heavy atom. The van der Waals surface area contributed by atoms with Crippen LogP contribution in [0.5, 0.6) is 11.5 Å². The molecule has 0 spiro atoms. The van der Waals surface area contributed by atoms with Crippen LogP contribution in [0.25, 0.3) is 0 Å². The van der Waals surface area contributed by atoms with E-state index in [1.54, 1.807) is 0 Å². The SMILES string of the molecule is Cc1nnc(CN(Cc2cccc3c2OCO3)C[C@@H]2CCCO2)n1C. The van der Waals surface area contributed by atoms with Gasteiger partial charge in [-0.2, -0.15) is 0 Å². The summed E-state index contributed by atoms with van der Waals surface area (Å²) in [5, 5.41) is 8.49. The topological polar surface area (TPSA) is 61.6 Å². The lowest BCUT2D eigenvalue weighted by molar-refractivity contribution is 0.0662. The number of nitrogens with zero attached hydrogens (tertiary/aromatic N) is 4. The zero-order chi connectivity index (χ0) is 17.2. The number of rotatable bonds is 6. The van der Waals surface area contributed by atoms with Crippen molar-refractivity contribution in [2.75, 3.05) is 19.9 Å². The quantitative estimate of drug-likeness (QED) is 0.799. The molecular weight excluding hydrogens is 320 g/mol. The van der Waals surface area contributed by atoms with Crippen molar-refractivity contribution < 1.29 is 14.2 Å². The van der Waals surface area contributed by atoms with Crippen molar-refractivity contribution in [3.8, 4) is 11.5 Å². The van der Waals surface area contributed by atoms with Gasteiger partial charge in [-0.05, 0) is 25.8 Å². The Labute approximate surface area is 147 Å². The van der Waals surface area contributed by atoms with E-state index < -0.39 is 0 Å². The molecule has 2 aromatic rings. The lowest BCUT2D eigenvalue weighted by atomic mass is 10.1. The largest absolute Gasteiger partial charge is 0.454 e. The van der Waals surface area contributed by atoms with E-state index >= 15 is 0 Å². The predicted molar refractivity (Wildman–Crippen MR) is 91.4 cm³/mol. The highest BCUT2D eigenvalue weighted by atomic mass is 16.7. The number of para-hydroxylation sites is 1. The third kappa shape index (κ3) is 3.48. The van der Waals surface area contributed by atoms with Gasteiger partial charge in [-0.3, -0.25) is 4.90 Å². The van der Waals surface area contributed by atoms with E-state index in [1.807, 2.05) is 30.7 Å². The number of ether oxygens (including phenoxy) is 3. The van der Waals surface area contributed by atoms with Crippen molar-refractivity contribution in [3.05, 3.63) is 35.4 Å². The van der Waals surface area contributed by atoms with Gasteiger partial charge in [0, 0.05) is 32.3 Å². The summed E-state index contributed by atoms with van der Waals surface area (Å²) in [5.41, 5.74) is 1.13. The fraction of sp³-hybridized carbons (Fsp3) is 0.556. The molecule has 7 heteroatoms. The fourth-order valence-electron chi connectivity index (χ4n) is 3.41. The van der Waals surface area contributed by atoms with E-state index in [9.17, 15) is 0 Å². The van der Waals surface area contributed by atoms with E-state index in [4.69, 9.17) is 14.2 Å². The van der Waals surface area contributed by atoms with E-state index in [-0.39, 0.29) is 6.10 Å². The third-order valence-corrected chi connectivity index (χ3v) is 4.91. The molecule has 1 fully saturated rings. The maximum Gasteiger partial charge on any atom is 0.231 e. The molecule has 2 aliphatic heterocycles. The third-order valence-electron chi connectivity index (χ3n) is 4.91. The van der Waals surface area contributed by atoms with Crippen molar-refractivity contribution in [2.45, 2.75) is 39.0 Å². The van der Waals surface area contributed by atoms with Crippen LogP contribution in [0.15, 0.2) is 18.2 Å². The van der Waals surface area contributed by atoms with Crippen LogP contribution >= 0.6 is 0 Å². The van der Waals surface area contributed by atoms with Crippen molar-refractivity contribution >= 4 is 0 Å². The van der Waals surface area contributed by atoms with E-state index in [1.165, 1.54) is 0 Å². The highest BCUT2D eigenvalue weighted by molar-refractivity contribution is 5.48. The average molecular weight is 344 g/mol. The summed E-state index contributed by atoms with van der Waals surface area (Å²) in [5.74, 6) is 3.56. The van der Waals surface area contributed by atoms with Gasteiger partial charge < -0.3 is 18.8 Å². The second-order valence-corrected chi connectivity index (χ2v) is 6.68. The van der Waals surface area contributed by atoms with Gasteiger partial charge in [0.05, 0.1) is 12.6 Å². The average Bonchev–Trinajstić information content (AvgIpc) is 3.34. The first-order valence-corrected chi connectivity index (χ1v) is 8.77. The monoisotopic (exact) mass is 344 g/mol. The predicted octanol–water partition coefficient (Wildman–Crippen LogP) is 2.03. The Morgan fingerprint density at radius 1 is 1.24 bits per heavy atom. The molecule has 0 aliphatic carbocycles. The first-order chi connectivity index (χ1) is 12.2. The Balaban J connectivity index is 1.54. The van der Waals surface area contributed by atoms with Gasteiger partial charge in [-0.25, -0.2) is 0 Å². The normalized spacial score (nSPS) is 19.1. The van der Waals surface area contributed by atoms with Crippen molar-refractivity contribution in [1.82, 2.24) is 19.7 Å². The van der Waals surface area contributed by atoms with Crippen LogP contribution in [0, 0.1) is 6.92 Å². The number of benzene rings is 1. The molecular formula is C18H24N4O3. The number of aromatic nitrogens is 3. The first-order valence-electron chi connectivity index (χ1n) is 8.77. The van der Waals surface area contributed by atoms with Gasteiger partial charge >= 0.3 is 0 Å². The van der Waals surface area contributed by atoms with Crippen molar-refractivity contribution in [2.24, 2.45) is 7.05 Å². The highest BCUT2D eigenvalue weighted by Crippen LogP contribution is 2.36. The molecule has 3 heterocycles. The summed E-state index contributed by atoms with van der Waals surface area (Å²) in [6, 6.07) is 6.06. The Hall–Kier alpha value is -2.12. The maximum absolute atomic E-state index is 5.85. The van der Waals surface area contributed by atoms with E-state index in [2.05, 4.69) is 21.2 Å². The first kappa shape index (κ1) is 16.4. The molecule has 7 nitrogen and oxygen atoms in total. The summed E-state index contributed by atoms with van der Waals surface area (Å²) in [6.07, 6.45) is 2.53. The molecule has 0 saturated carbocycles. The summed E-state index contributed by atoms with van der Waals surface area (Å²) in [7, 11) is 2.01. The van der Waals surface area contributed by atoms with Crippen LogP contribution in [0.2, 0.25) is 0 Å². The summed E-state index contributed by atoms with van der Waals surface area (Å²) >= 11 is 0. The lowest BCUT2D eigenvalue weighted by Crippen LogP contribution is -2.32. The molecule has 0 unspecified atom stereocenters. The molecule has 0 bridgehead atoms. The molecule has 25 heavy (non-hydrogen) atoms. The minimum atomic E-state index is 0.281. The molecule has 1 saturated heterocycles. The van der Waals surface area contributed by atoms with Gasteiger partial charge in [0.1, 0.15) is 11.6 Å². The zero-order valence-corrected chi connectivity index (χ0v) is 14.8. The van der Waals surface area contributed by atoms with Crippen LogP contribution in [0.4, 0.5) is 0 Å². The smallest absolute Gasteiger partial charge is 0.231 e. The van der Waals surface area contributed by atoms with Crippen LogP contribution in [-0.2, 0) is 24.9 Å². The summed E-state index contributed by atoms with van der Waals surface area (Å²) in [4.78, 5) is 2.36. The van der Waals surface area contributed by atoms with Crippen LogP contribution < -0.4 is 9.47 Å². The molecule has 2 aliphatic rings. The van der Waals surface area contributed by atoms with Crippen LogP contribution in [0.3, 0.4) is 0 Å². The molecule has 0 amide bonds. The molecule has 1 aromatic heterocycles. The molecule has 134 valence electrons. The van der Waals surface area contributed by atoms with E-state index in [0.717, 1.165) is 67.8 Å². The number of fused-ring (bicyclic) bond motifs is 1. The van der Waals surface area contributed by atoms with Crippen LogP contribution in [-0.4, -0.2) is 45.7 Å². The van der Waals surface area contributed by atoms with Gasteiger partial charge in [0.15, 0.2) is 11.5 Å². The van der Waals surface area contributed by atoms with Crippen molar-refractivity contribution in [1.29, 1.82) is 0 Å². The van der Waals surface area contributed by atoms with Crippen LogP contribution in [0.1, 0.15) is 30.1 Å². The Morgan fingerprint density at radius 3 is 2.92 bits per heavy atom. The molecule has 0 N–H and O–H groups in total. The second-order valence-electron chi connectivity index (χ2n) is 6.68. The molecule has 4 rings (SSSR count). The summed E-state index contributed by atoms with van der Waals surface area (Å²) < 4.78 is 19.1. The highest BCUT2D eigenvalue weighted by Gasteiger charge is 2.24. The molecule has 1 aromatic carbocycles. The van der Waals surface area contributed by atoms with E-state index in [0.29, 0.717) is 6.79 Å². The minimum absolute atomic E-state index is 0.281. The minimum Gasteiger partial charge on any atom is -0.454 e. The number of aryl methyl sites for hydroxylation is 1. The number of hydrogen-bond donors (Lipinski definition) is 0. The number of hydrogen-bond acceptors (Lipinski definition) is 6. The van der Waals surface area contributed by atoms with Gasteiger partial charge in [-0.15, -0.1) is 10.2 Å². The zero-order valence-electron chi connectivity index (χ0n) is 14.8. The lowest BCUT2D eigenvalue weighted by Gasteiger charge is -2.25. The molecule has 1 atom stereocenters.